The van der Waals surface area contributed by atoms with Crippen LogP contribution in [0.5, 0.6) is 0 Å². The summed E-state index contributed by atoms with van der Waals surface area (Å²) in [6.45, 7) is 0. The van der Waals surface area contributed by atoms with Crippen LogP contribution in [0.1, 0.15) is 0 Å². The molecule has 2 unspecified atom stereocenters. The third kappa shape index (κ3) is 1.09. The van der Waals surface area contributed by atoms with Crippen LogP contribution in [0, 0.1) is 0 Å². The average molecular weight is 132 g/mol. The molecule has 0 spiro atoms. The van der Waals surface area contributed by atoms with Crippen LogP contribution in [0.3, 0.4) is 0 Å². The Kier molecular flexibility index (Phi) is 1.51. The van der Waals surface area contributed by atoms with E-state index in [2.05, 4.69) is 0 Å². The number of rotatable bonds is 0. The summed E-state index contributed by atoms with van der Waals surface area (Å²) < 4.78 is 24.4. The minimum Gasteiger partial charge on any atom is -0.509 e. The van der Waals surface area contributed by atoms with E-state index in [1.807, 2.05) is 0 Å². The zero-order chi connectivity index (χ0) is 6.85. The summed E-state index contributed by atoms with van der Waals surface area (Å²) in [7, 11) is 0. The van der Waals surface area contributed by atoms with Crippen LogP contribution in [0.2, 0.25) is 0 Å². The van der Waals surface area contributed by atoms with E-state index in [0.29, 0.717) is 0 Å². The second kappa shape index (κ2) is 2.17. The third-order valence-electron chi connectivity index (χ3n) is 1.12. The van der Waals surface area contributed by atoms with Gasteiger partial charge in [0.1, 0.15) is 5.76 Å². The van der Waals surface area contributed by atoms with Crippen LogP contribution in [0.25, 0.3) is 0 Å². The monoisotopic (exact) mass is 132 g/mol. The summed E-state index contributed by atoms with van der Waals surface area (Å²) in [6, 6.07) is 0. The van der Waals surface area contributed by atoms with Gasteiger partial charge in [-0.3, -0.25) is 0 Å². The van der Waals surface area contributed by atoms with Gasteiger partial charge < -0.3 is 5.11 Å². The normalized spacial score (nSPS) is 34.2. The second-order valence-corrected chi connectivity index (χ2v) is 1.82. The number of halogens is 2. The Bertz CT molecular complexity index is 162. The van der Waals surface area contributed by atoms with Gasteiger partial charge in [0.2, 0.25) is 0 Å². The summed E-state index contributed by atoms with van der Waals surface area (Å²) in [5.74, 6) is -0.537. The SMILES string of the molecule is OC1=CC=CC(F)C1F. The molecule has 0 heterocycles. The van der Waals surface area contributed by atoms with Gasteiger partial charge in [-0.05, 0) is 12.2 Å². The maximum atomic E-state index is 12.2. The van der Waals surface area contributed by atoms with E-state index in [1.54, 1.807) is 0 Å². The molecule has 0 saturated carbocycles. The van der Waals surface area contributed by atoms with Crippen molar-refractivity contribution in [2.24, 2.45) is 0 Å². The van der Waals surface area contributed by atoms with Crippen LogP contribution in [-0.4, -0.2) is 17.4 Å². The van der Waals surface area contributed by atoms with Gasteiger partial charge >= 0.3 is 0 Å². The van der Waals surface area contributed by atoms with E-state index in [-0.39, 0.29) is 0 Å². The van der Waals surface area contributed by atoms with Crippen LogP contribution < -0.4 is 0 Å². The predicted octanol–water partition coefficient (Wildman–Crippen LogP) is 1.67. The maximum absolute atomic E-state index is 12.2. The van der Waals surface area contributed by atoms with E-state index in [4.69, 9.17) is 5.11 Å². The molecule has 9 heavy (non-hydrogen) atoms. The highest BCUT2D eigenvalue weighted by Crippen LogP contribution is 2.16. The smallest absolute Gasteiger partial charge is 0.191 e. The predicted molar refractivity (Wildman–Crippen MR) is 29.6 cm³/mol. The van der Waals surface area contributed by atoms with Gasteiger partial charge in [-0.2, -0.15) is 0 Å². The number of alkyl halides is 2. The largest absolute Gasteiger partial charge is 0.509 e. The lowest BCUT2D eigenvalue weighted by Gasteiger charge is -2.11. The van der Waals surface area contributed by atoms with Crippen LogP contribution >= 0.6 is 0 Å². The van der Waals surface area contributed by atoms with Crippen LogP contribution in [-0.2, 0) is 0 Å². The molecule has 1 aliphatic carbocycles. The van der Waals surface area contributed by atoms with Crippen molar-refractivity contribution in [3.05, 3.63) is 24.0 Å². The fraction of sp³-hybridized carbons (Fsp3) is 0.333. The van der Waals surface area contributed by atoms with Crippen molar-refractivity contribution < 1.29 is 13.9 Å². The highest BCUT2D eigenvalue weighted by molar-refractivity contribution is 5.20. The Morgan fingerprint density at radius 2 is 2.11 bits per heavy atom. The molecule has 2 atom stereocenters. The van der Waals surface area contributed by atoms with E-state index < -0.39 is 18.1 Å². The molecule has 0 aromatic heterocycles. The standard InChI is InChI=1S/C6H6F2O/c7-4-2-1-3-5(9)6(4)8/h1-4,6,9H. The fourth-order valence-electron chi connectivity index (χ4n) is 0.613. The molecule has 0 bridgehead atoms. The van der Waals surface area contributed by atoms with E-state index in [0.717, 1.165) is 12.2 Å². The number of aliphatic hydroxyl groups excluding tert-OH is 1. The summed E-state index contributed by atoms with van der Waals surface area (Å²) in [5, 5.41) is 8.54. The van der Waals surface area contributed by atoms with E-state index in [9.17, 15) is 8.78 Å². The maximum Gasteiger partial charge on any atom is 0.191 e. The highest BCUT2D eigenvalue weighted by atomic mass is 19.2. The first-order chi connectivity index (χ1) is 4.22. The topological polar surface area (TPSA) is 20.2 Å². The molecular weight excluding hydrogens is 126 g/mol. The van der Waals surface area contributed by atoms with Gasteiger partial charge in [-0.15, -0.1) is 0 Å². The second-order valence-electron chi connectivity index (χ2n) is 1.82. The lowest BCUT2D eigenvalue weighted by molar-refractivity contribution is 0.176. The number of hydrogen-bond donors (Lipinski definition) is 1. The summed E-state index contributed by atoms with van der Waals surface area (Å²) in [5.41, 5.74) is 0. The number of hydrogen-bond acceptors (Lipinski definition) is 1. The van der Waals surface area contributed by atoms with Gasteiger partial charge in [0.15, 0.2) is 12.3 Å². The molecule has 0 aromatic rings. The molecule has 0 fully saturated rings. The van der Waals surface area contributed by atoms with Gasteiger partial charge in [0.05, 0.1) is 0 Å². The quantitative estimate of drug-likeness (QED) is 0.531. The molecule has 0 radical (unpaired) electrons. The van der Waals surface area contributed by atoms with Gasteiger partial charge in [-0.25, -0.2) is 8.78 Å². The molecule has 0 amide bonds. The van der Waals surface area contributed by atoms with Crippen molar-refractivity contribution in [2.75, 3.05) is 0 Å². The molecule has 1 rings (SSSR count). The van der Waals surface area contributed by atoms with Crippen LogP contribution in [0.15, 0.2) is 24.0 Å². The Morgan fingerprint density at radius 3 is 2.56 bits per heavy atom. The Morgan fingerprint density at radius 1 is 1.44 bits per heavy atom. The molecule has 3 heteroatoms. The van der Waals surface area contributed by atoms with E-state index >= 15 is 0 Å². The molecule has 1 nitrogen and oxygen atoms in total. The molecule has 1 aliphatic rings. The van der Waals surface area contributed by atoms with Gasteiger partial charge in [-0.1, -0.05) is 6.08 Å². The Balaban J connectivity index is 2.73. The van der Waals surface area contributed by atoms with Crippen molar-refractivity contribution in [3.63, 3.8) is 0 Å². The lowest BCUT2D eigenvalue weighted by atomic mass is 10.1. The molecule has 0 saturated heterocycles. The first-order valence-electron chi connectivity index (χ1n) is 2.57. The molecule has 0 aromatic carbocycles. The Labute approximate surface area is 51.3 Å². The summed E-state index contributed by atoms with van der Waals surface area (Å²) in [6.07, 6.45) is -0.0636. The minimum atomic E-state index is -1.87. The molecule has 1 N–H and O–H groups in total. The number of aliphatic hydroxyl groups is 1. The van der Waals surface area contributed by atoms with Crippen molar-refractivity contribution in [3.8, 4) is 0 Å². The van der Waals surface area contributed by atoms with Crippen molar-refractivity contribution in [1.82, 2.24) is 0 Å². The summed E-state index contributed by atoms with van der Waals surface area (Å²) in [4.78, 5) is 0. The molecule has 50 valence electrons. The van der Waals surface area contributed by atoms with Gasteiger partial charge in [0, 0.05) is 0 Å². The zero-order valence-corrected chi connectivity index (χ0v) is 4.59. The van der Waals surface area contributed by atoms with Crippen molar-refractivity contribution in [1.29, 1.82) is 0 Å². The minimum absolute atomic E-state index is 0.537. The fourth-order valence-corrected chi connectivity index (χ4v) is 0.613. The van der Waals surface area contributed by atoms with Crippen molar-refractivity contribution >= 4 is 0 Å². The zero-order valence-electron chi connectivity index (χ0n) is 4.59. The first kappa shape index (κ1) is 6.26. The number of allylic oxidation sites excluding steroid dienone is 4. The molecular formula is C6H6F2O. The highest BCUT2D eigenvalue weighted by Gasteiger charge is 2.23. The van der Waals surface area contributed by atoms with Crippen molar-refractivity contribution in [2.45, 2.75) is 12.3 Å². The van der Waals surface area contributed by atoms with Crippen LogP contribution in [0.4, 0.5) is 8.78 Å². The average Bonchev–Trinajstić information content (AvgIpc) is 1.83. The summed E-state index contributed by atoms with van der Waals surface area (Å²) >= 11 is 0. The third-order valence-corrected chi connectivity index (χ3v) is 1.12. The molecule has 0 aliphatic heterocycles. The first-order valence-corrected chi connectivity index (χ1v) is 2.57. The Hall–Kier alpha value is -0.860. The van der Waals surface area contributed by atoms with E-state index in [1.165, 1.54) is 6.08 Å². The lowest BCUT2D eigenvalue weighted by Crippen LogP contribution is -2.19. The van der Waals surface area contributed by atoms with Gasteiger partial charge in [0.25, 0.3) is 0 Å².